The van der Waals surface area contributed by atoms with Crippen molar-refractivity contribution in [2.45, 2.75) is 43.5 Å². The molecule has 1 aliphatic carbocycles. The van der Waals surface area contributed by atoms with Crippen LogP contribution in [0.4, 0.5) is 8.78 Å². The lowest BCUT2D eigenvalue weighted by Crippen LogP contribution is -2.50. The van der Waals surface area contributed by atoms with Gasteiger partial charge in [0.25, 0.3) is 5.91 Å². The molecule has 0 unspecified atom stereocenters. The average molecular weight is 490 g/mol. The van der Waals surface area contributed by atoms with E-state index in [1.54, 1.807) is 15.8 Å². The SMILES string of the molecule is CC(C)n1ncc2c(C(=O)N3CCN(S(=O)(=O)c4cc(F)ccc4F)CC3)cc(C3CC3)nc21. The van der Waals surface area contributed by atoms with Crippen LogP contribution in [0.25, 0.3) is 11.0 Å². The molecule has 2 fully saturated rings. The van der Waals surface area contributed by atoms with Crippen molar-refractivity contribution in [3.8, 4) is 0 Å². The molecule has 0 spiro atoms. The predicted molar refractivity (Wildman–Crippen MR) is 121 cm³/mol. The number of fused-ring (bicyclic) bond motifs is 1. The quantitative estimate of drug-likeness (QED) is 0.549. The molecule has 1 saturated heterocycles. The van der Waals surface area contributed by atoms with Crippen LogP contribution < -0.4 is 0 Å². The van der Waals surface area contributed by atoms with Gasteiger partial charge in [0.15, 0.2) is 5.65 Å². The van der Waals surface area contributed by atoms with Gasteiger partial charge >= 0.3 is 0 Å². The summed E-state index contributed by atoms with van der Waals surface area (Å²) in [7, 11) is -4.22. The smallest absolute Gasteiger partial charge is 0.254 e. The third-order valence-electron chi connectivity index (χ3n) is 6.34. The maximum atomic E-state index is 14.1. The monoisotopic (exact) mass is 489 g/mol. The predicted octanol–water partition coefficient (Wildman–Crippen LogP) is 3.31. The second-order valence-corrected chi connectivity index (χ2v) is 11.0. The number of aromatic nitrogens is 3. The largest absolute Gasteiger partial charge is 0.336 e. The molecule has 180 valence electrons. The molecule has 0 bridgehead atoms. The number of halogens is 2. The molecule has 0 N–H and O–H groups in total. The second kappa shape index (κ2) is 8.38. The molecule has 8 nitrogen and oxygen atoms in total. The maximum absolute atomic E-state index is 14.1. The van der Waals surface area contributed by atoms with Gasteiger partial charge < -0.3 is 4.90 Å². The van der Waals surface area contributed by atoms with Gasteiger partial charge in [0.2, 0.25) is 10.0 Å². The lowest BCUT2D eigenvalue weighted by molar-refractivity contribution is 0.0699. The lowest BCUT2D eigenvalue weighted by atomic mass is 10.1. The summed E-state index contributed by atoms with van der Waals surface area (Å²) in [5.41, 5.74) is 2.05. The Labute approximate surface area is 196 Å². The summed E-state index contributed by atoms with van der Waals surface area (Å²) >= 11 is 0. The van der Waals surface area contributed by atoms with E-state index in [0.29, 0.717) is 28.6 Å². The van der Waals surface area contributed by atoms with Crippen LogP contribution in [0.3, 0.4) is 0 Å². The number of sulfonamides is 1. The number of carbonyl (C=O) groups excluding carboxylic acids is 1. The topological polar surface area (TPSA) is 88.4 Å². The minimum Gasteiger partial charge on any atom is -0.336 e. The van der Waals surface area contributed by atoms with Crippen LogP contribution in [0.1, 0.15) is 54.7 Å². The zero-order valence-corrected chi connectivity index (χ0v) is 19.7. The van der Waals surface area contributed by atoms with Gasteiger partial charge in [-0.25, -0.2) is 26.9 Å². The van der Waals surface area contributed by atoms with Crippen LogP contribution in [0.5, 0.6) is 0 Å². The summed E-state index contributed by atoms with van der Waals surface area (Å²) in [5, 5.41) is 5.09. The summed E-state index contributed by atoms with van der Waals surface area (Å²) in [6.45, 7) is 4.24. The Morgan fingerprint density at radius 3 is 2.44 bits per heavy atom. The molecule has 1 amide bonds. The number of nitrogens with zero attached hydrogens (tertiary/aromatic N) is 5. The second-order valence-electron chi connectivity index (χ2n) is 9.06. The number of hydrogen-bond acceptors (Lipinski definition) is 5. The molecular weight excluding hydrogens is 464 g/mol. The number of piperazine rings is 1. The minimum absolute atomic E-state index is 0.0149. The zero-order chi connectivity index (χ0) is 24.2. The van der Waals surface area contributed by atoms with E-state index in [-0.39, 0.29) is 38.1 Å². The van der Waals surface area contributed by atoms with Crippen molar-refractivity contribution < 1.29 is 22.0 Å². The van der Waals surface area contributed by atoms with E-state index in [9.17, 15) is 22.0 Å². The molecule has 1 saturated carbocycles. The highest BCUT2D eigenvalue weighted by atomic mass is 32.2. The van der Waals surface area contributed by atoms with E-state index in [4.69, 9.17) is 4.98 Å². The van der Waals surface area contributed by atoms with Crippen molar-refractivity contribution in [2.24, 2.45) is 0 Å². The summed E-state index contributed by atoms with van der Waals surface area (Å²) in [5.74, 6) is -1.71. The first-order valence-electron chi connectivity index (χ1n) is 11.3. The van der Waals surface area contributed by atoms with Crippen LogP contribution in [-0.4, -0.2) is 64.5 Å². The molecule has 5 rings (SSSR count). The number of carbonyl (C=O) groups is 1. The van der Waals surface area contributed by atoms with Crippen LogP contribution in [-0.2, 0) is 10.0 Å². The van der Waals surface area contributed by atoms with Gasteiger partial charge in [0.1, 0.15) is 16.5 Å². The van der Waals surface area contributed by atoms with E-state index in [0.717, 1.165) is 35.0 Å². The van der Waals surface area contributed by atoms with Crippen LogP contribution in [0.15, 0.2) is 35.4 Å². The first-order valence-corrected chi connectivity index (χ1v) is 12.7. The van der Waals surface area contributed by atoms with Crippen molar-refractivity contribution in [3.05, 3.63) is 53.4 Å². The molecule has 3 aromatic rings. The Morgan fingerprint density at radius 1 is 1.09 bits per heavy atom. The van der Waals surface area contributed by atoms with Gasteiger partial charge in [-0.1, -0.05) is 0 Å². The Bertz CT molecular complexity index is 1380. The molecule has 11 heteroatoms. The van der Waals surface area contributed by atoms with Gasteiger partial charge in [-0.2, -0.15) is 9.40 Å². The summed E-state index contributed by atoms with van der Waals surface area (Å²) in [6, 6.07) is 4.27. The molecule has 0 atom stereocenters. The Morgan fingerprint density at radius 2 is 1.79 bits per heavy atom. The zero-order valence-electron chi connectivity index (χ0n) is 18.9. The molecular formula is C23H25F2N5O3S. The average Bonchev–Trinajstić information content (AvgIpc) is 3.58. The first-order chi connectivity index (χ1) is 16.2. The van der Waals surface area contributed by atoms with Gasteiger partial charge in [-0.05, 0) is 51.0 Å². The van der Waals surface area contributed by atoms with Gasteiger partial charge in [-0.3, -0.25) is 4.79 Å². The number of hydrogen-bond donors (Lipinski definition) is 0. The van der Waals surface area contributed by atoms with Crippen molar-refractivity contribution >= 4 is 27.0 Å². The standard InChI is InChI=1S/C23H25F2N5O3S/c1-14(2)30-22-18(13-26-30)17(12-20(27-22)15-3-4-15)23(31)28-7-9-29(10-8-28)34(32,33)21-11-16(24)5-6-19(21)25/h5-6,11-15H,3-4,7-10H2,1-2H3. The normalized spacial score (nSPS) is 17.6. The van der Waals surface area contributed by atoms with Crippen LogP contribution in [0, 0.1) is 11.6 Å². The molecule has 34 heavy (non-hydrogen) atoms. The van der Waals surface area contributed by atoms with E-state index in [2.05, 4.69) is 5.10 Å². The fourth-order valence-electron chi connectivity index (χ4n) is 4.30. The van der Waals surface area contributed by atoms with Crippen molar-refractivity contribution in [1.29, 1.82) is 0 Å². The van der Waals surface area contributed by atoms with E-state index in [1.807, 2.05) is 19.9 Å². The maximum Gasteiger partial charge on any atom is 0.254 e. The molecule has 1 aromatic carbocycles. The number of rotatable bonds is 5. The summed E-state index contributed by atoms with van der Waals surface area (Å²) in [6.07, 6.45) is 3.73. The lowest BCUT2D eigenvalue weighted by Gasteiger charge is -2.34. The van der Waals surface area contributed by atoms with Crippen molar-refractivity contribution in [1.82, 2.24) is 24.0 Å². The van der Waals surface area contributed by atoms with E-state index < -0.39 is 26.6 Å². The van der Waals surface area contributed by atoms with Crippen molar-refractivity contribution in [2.75, 3.05) is 26.2 Å². The summed E-state index contributed by atoms with van der Waals surface area (Å²) in [4.78, 5) is 19.2. The molecule has 2 aliphatic rings. The Balaban J connectivity index is 1.40. The van der Waals surface area contributed by atoms with Gasteiger partial charge in [-0.15, -0.1) is 0 Å². The molecule has 3 heterocycles. The van der Waals surface area contributed by atoms with Crippen LogP contribution >= 0.6 is 0 Å². The number of pyridine rings is 1. The highest BCUT2D eigenvalue weighted by Crippen LogP contribution is 2.40. The minimum atomic E-state index is -4.22. The van der Waals surface area contributed by atoms with E-state index in [1.165, 1.54) is 0 Å². The fraction of sp³-hybridized carbons (Fsp3) is 0.435. The first kappa shape index (κ1) is 22.9. The molecule has 0 radical (unpaired) electrons. The van der Waals surface area contributed by atoms with Gasteiger partial charge in [0, 0.05) is 43.8 Å². The number of amides is 1. The highest BCUT2D eigenvalue weighted by Gasteiger charge is 2.34. The molecule has 1 aliphatic heterocycles. The summed E-state index contributed by atoms with van der Waals surface area (Å²) < 4.78 is 56.3. The van der Waals surface area contributed by atoms with Gasteiger partial charge in [0.05, 0.1) is 17.1 Å². The Hall–Kier alpha value is -2.92. The van der Waals surface area contributed by atoms with Crippen LogP contribution in [0.2, 0.25) is 0 Å². The third-order valence-corrected chi connectivity index (χ3v) is 8.25. The Kier molecular flexibility index (Phi) is 5.64. The van der Waals surface area contributed by atoms with E-state index >= 15 is 0 Å². The fourth-order valence-corrected chi connectivity index (χ4v) is 5.79. The molecule has 2 aromatic heterocycles. The third kappa shape index (κ3) is 3.96. The highest BCUT2D eigenvalue weighted by molar-refractivity contribution is 7.89. The van der Waals surface area contributed by atoms with Crippen molar-refractivity contribution in [3.63, 3.8) is 0 Å². The number of benzene rings is 1.